The Bertz CT molecular complexity index is 678. The van der Waals surface area contributed by atoms with Gasteiger partial charge in [0.05, 0.1) is 6.61 Å². The number of carbonyl (C=O) groups is 1. The summed E-state index contributed by atoms with van der Waals surface area (Å²) in [5, 5.41) is 2.77. The summed E-state index contributed by atoms with van der Waals surface area (Å²) < 4.78 is 18.4. The van der Waals surface area contributed by atoms with Crippen LogP contribution in [0.25, 0.3) is 6.08 Å². The molecular weight excluding hydrogens is 293 g/mol. The first-order valence-corrected chi connectivity index (χ1v) is 7.50. The van der Waals surface area contributed by atoms with Crippen molar-refractivity contribution in [2.45, 2.75) is 13.8 Å². The molecule has 1 amide bonds. The fraction of sp³-hybridized carbons (Fsp3) is 0.211. The summed E-state index contributed by atoms with van der Waals surface area (Å²) in [5.74, 6) is 0.603. The maximum absolute atomic E-state index is 12.8. The van der Waals surface area contributed by atoms with Gasteiger partial charge in [0.25, 0.3) is 0 Å². The average Bonchev–Trinajstić information content (AvgIpc) is 2.53. The van der Waals surface area contributed by atoms with Crippen LogP contribution >= 0.6 is 0 Å². The Labute approximate surface area is 135 Å². The van der Waals surface area contributed by atoms with Crippen LogP contribution in [0.15, 0.2) is 54.6 Å². The van der Waals surface area contributed by atoms with E-state index in [1.165, 1.54) is 18.2 Å². The van der Waals surface area contributed by atoms with Crippen molar-refractivity contribution in [3.8, 4) is 5.75 Å². The molecule has 0 saturated carbocycles. The van der Waals surface area contributed by atoms with E-state index in [9.17, 15) is 9.18 Å². The van der Waals surface area contributed by atoms with Crippen molar-refractivity contribution in [1.29, 1.82) is 0 Å². The molecule has 0 atom stereocenters. The molecule has 0 aromatic heterocycles. The monoisotopic (exact) mass is 313 g/mol. The topological polar surface area (TPSA) is 38.3 Å². The van der Waals surface area contributed by atoms with Gasteiger partial charge in [-0.25, -0.2) is 4.39 Å². The van der Waals surface area contributed by atoms with Gasteiger partial charge in [-0.15, -0.1) is 0 Å². The zero-order valence-electron chi connectivity index (χ0n) is 13.3. The third-order valence-electron chi connectivity index (χ3n) is 2.98. The minimum absolute atomic E-state index is 0.254. The summed E-state index contributed by atoms with van der Waals surface area (Å²) in [7, 11) is 0. The van der Waals surface area contributed by atoms with Crippen molar-refractivity contribution in [2.24, 2.45) is 5.92 Å². The van der Waals surface area contributed by atoms with E-state index in [0.29, 0.717) is 18.2 Å². The quantitative estimate of drug-likeness (QED) is 0.797. The van der Waals surface area contributed by atoms with Crippen molar-refractivity contribution in [3.63, 3.8) is 0 Å². The lowest BCUT2D eigenvalue weighted by molar-refractivity contribution is -0.111. The molecule has 0 aliphatic rings. The number of carbonyl (C=O) groups excluding carboxylic acids is 1. The first-order valence-electron chi connectivity index (χ1n) is 7.50. The van der Waals surface area contributed by atoms with Gasteiger partial charge in [-0.1, -0.05) is 32.0 Å². The van der Waals surface area contributed by atoms with Crippen molar-refractivity contribution in [2.75, 3.05) is 11.9 Å². The number of hydrogen-bond donors (Lipinski definition) is 1. The lowest BCUT2D eigenvalue weighted by Gasteiger charge is -2.10. The van der Waals surface area contributed by atoms with Crippen LogP contribution < -0.4 is 10.1 Å². The van der Waals surface area contributed by atoms with E-state index in [2.05, 4.69) is 19.2 Å². The van der Waals surface area contributed by atoms with Gasteiger partial charge >= 0.3 is 0 Å². The highest BCUT2D eigenvalue weighted by molar-refractivity contribution is 6.02. The van der Waals surface area contributed by atoms with E-state index in [1.807, 2.05) is 12.1 Å². The number of halogens is 1. The molecule has 3 nitrogen and oxygen atoms in total. The van der Waals surface area contributed by atoms with Gasteiger partial charge in [-0.05, 0) is 41.8 Å². The molecule has 120 valence electrons. The molecular formula is C19H20FNO2. The molecule has 1 N–H and O–H groups in total. The minimum atomic E-state index is -0.301. The molecule has 0 heterocycles. The predicted molar refractivity (Wildman–Crippen MR) is 90.8 cm³/mol. The maximum Gasteiger partial charge on any atom is 0.248 e. The standard InChI is InChI=1S/C19H20FNO2/c1-14(2)13-23-18-5-3-4-17(12-18)21-19(22)11-8-15-6-9-16(20)10-7-15/h3-12,14H,13H2,1-2H3,(H,21,22)/b11-8+. The fourth-order valence-corrected chi connectivity index (χ4v) is 1.86. The Morgan fingerprint density at radius 2 is 1.96 bits per heavy atom. The Balaban J connectivity index is 1.94. The van der Waals surface area contributed by atoms with Crippen molar-refractivity contribution in [1.82, 2.24) is 0 Å². The molecule has 0 bridgehead atoms. The van der Waals surface area contributed by atoms with Gasteiger partial charge in [-0.3, -0.25) is 4.79 Å². The van der Waals surface area contributed by atoms with E-state index in [0.717, 1.165) is 11.3 Å². The molecule has 2 aromatic carbocycles. The second-order valence-electron chi connectivity index (χ2n) is 5.61. The average molecular weight is 313 g/mol. The van der Waals surface area contributed by atoms with Gasteiger partial charge in [-0.2, -0.15) is 0 Å². The number of nitrogens with one attached hydrogen (secondary N) is 1. The van der Waals surface area contributed by atoms with Crippen LogP contribution in [0.5, 0.6) is 5.75 Å². The molecule has 2 aromatic rings. The van der Waals surface area contributed by atoms with E-state index in [1.54, 1.807) is 30.3 Å². The SMILES string of the molecule is CC(C)COc1cccc(NC(=O)/C=C/c2ccc(F)cc2)c1. The van der Waals surface area contributed by atoms with Crippen LogP contribution in [0.4, 0.5) is 10.1 Å². The Kier molecular flexibility index (Phi) is 5.92. The van der Waals surface area contributed by atoms with Crippen LogP contribution in [-0.4, -0.2) is 12.5 Å². The van der Waals surface area contributed by atoms with Gasteiger partial charge in [0, 0.05) is 17.8 Å². The number of hydrogen-bond acceptors (Lipinski definition) is 2. The summed E-state index contributed by atoms with van der Waals surface area (Å²) in [6, 6.07) is 13.2. The summed E-state index contributed by atoms with van der Waals surface area (Å²) in [5.41, 5.74) is 1.43. The molecule has 0 fully saturated rings. The Morgan fingerprint density at radius 1 is 1.22 bits per heavy atom. The number of rotatable bonds is 6. The largest absolute Gasteiger partial charge is 0.493 e. The summed E-state index contributed by atoms with van der Waals surface area (Å²) in [6.07, 6.45) is 3.04. The highest BCUT2D eigenvalue weighted by Gasteiger charge is 2.01. The predicted octanol–water partition coefficient (Wildman–Crippen LogP) is 4.51. The fourth-order valence-electron chi connectivity index (χ4n) is 1.86. The highest BCUT2D eigenvalue weighted by Crippen LogP contribution is 2.18. The zero-order chi connectivity index (χ0) is 16.7. The van der Waals surface area contributed by atoms with Gasteiger partial charge in [0.2, 0.25) is 5.91 Å². The first-order chi connectivity index (χ1) is 11.0. The van der Waals surface area contributed by atoms with Crippen LogP contribution in [0.3, 0.4) is 0 Å². The number of amides is 1. The number of ether oxygens (including phenoxy) is 1. The molecule has 0 unspecified atom stereocenters. The van der Waals surface area contributed by atoms with Crippen molar-refractivity contribution >= 4 is 17.7 Å². The first kappa shape index (κ1) is 16.7. The summed E-state index contributed by atoms with van der Waals surface area (Å²) >= 11 is 0. The third kappa shape index (κ3) is 5.94. The van der Waals surface area contributed by atoms with Crippen LogP contribution in [0.2, 0.25) is 0 Å². The van der Waals surface area contributed by atoms with E-state index < -0.39 is 0 Å². The normalized spacial score (nSPS) is 11.0. The molecule has 0 radical (unpaired) electrons. The van der Waals surface area contributed by atoms with Crippen molar-refractivity contribution in [3.05, 3.63) is 66.0 Å². The molecule has 4 heteroatoms. The second-order valence-corrected chi connectivity index (χ2v) is 5.61. The Hall–Kier alpha value is -2.62. The van der Waals surface area contributed by atoms with Crippen LogP contribution in [0.1, 0.15) is 19.4 Å². The minimum Gasteiger partial charge on any atom is -0.493 e. The molecule has 0 aliphatic heterocycles. The molecule has 23 heavy (non-hydrogen) atoms. The summed E-state index contributed by atoms with van der Waals surface area (Å²) in [4.78, 5) is 11.9. The lowest BCUT2D eigenvalue weighted by atomic mass is 10.2. The molecule has 0 saturated heterocycles. The van der Waals surface area contributed by atoms with Crippen molar-refractivity contribution < 1.29 is 13.9 Å². The van der Waals surface area contributed by atoms with E-state index in [4.69, 9.17) is 4.74 Å². The third-order valence-corrected chi connectivity index (χ3v) is 2.98. The Morgan fingerprint density at radius 3 is 2.65 bits per heavy atom. The smallest absolute Gasteiger partial charge is 0.248 e. The van der Waals surface area contributed by atoms with E-state index >= 15 is 0 Å². The molecule has 0 spiro atoms. The zero-order valence-corrected chi connectivity index (χ0v) is 13.3. The van der Waals surface area contributed by atoms with Crippen LogP contribution in [-0.2, 0) is 4.79 Å². The van der Waals surface area contributed by atoms with Crippen LogP contribution in [0, 0.1) is 11.7 Å². The maximum atomic E-state index is 12.8. The van der Waals surface area contributed by atoms with E-state index in [-0.39, 0.29) is 11.7 Å². The second kappa shape index (κ2) is 8.13. The lowest BCUT2D eigenvalue weighted by Crippen LogP contribution is -2.08. The summed E-state index contributed by atoms with van der Waals surface area (Å²) in [6.45, 7) is 4.78. The van der Waals surface area contributed by atoms with Gasteiger partial charge in [0.15, 0.2) is 0 Å². The molecule has 2 rings (SSSR count). The number of benzene rings is 2. The highest BCUT2D eigenvalue weighted by atomic mass is 19.1. The molecule has 0 aliphatic carbocycles. The van der Waals surface area contributed by atoms with Gasteiger partial charge < -0.3 is 10.1 Å². The van der Waals surface area contributed by atoms with Gasteiger partial charge in [0.1, 0.15) is 11.6 Å². The number of anilines is 1.